The monoisotopic (exact) mass is 421 g/mol. The Morgan fingerprint density at radius 1 is 1.07 bits per heavy atom. The summed E-state index contributed by atoms with van der Waals surface area (Å²) in [7, 11) is 3.04. The molecule has 0 aromatic rings. The van der Waals surface area contributed by atoms with Gasteiger partial charge < -0.3 is 0 Å². The molecule has 0 aromatic heterocycles. The van der Waals surface area contributed by atoms with E-state index in [0.717, 1.165) is 38.0 Å². The van der Waals surface area contributed by atoms with E-state index >= 15 is 0 Å². The van der Waals surface area contributed by atoms with E-state index in [1.165, 1.54) is 44.9 Å². The molecule has 0 bridgehead atoms. The first-order chi connectivity index (χ1) is 13.8. The van der Waals surface area contributed by atoms with Crippen LogP contribution in [-0.2, 0) is 0 Å². The van der Waals surface area contributed by atoms with Gasteiger partial charge in [-0.1, -0.05) is 49.4 Å². The van der Waals surface area contributed by atoms with Crippen LogP contribution in [0.4, 0.5) is 0 Å². The smallest absolute Gasteiger partial charge is 0.0925 e. The van der Waals surface area contributed by atoms with Crippen LogP contribution >= 0.6 is 9.24 Å². The maximum absolute atomic E-state index is 11.0. The minimum absolute atomic E-state index is 0.0390. The number of hydrogen-bond acceptors (Lipinski definition) is 4. The Balaban J connectivity index is 1.70. The van der Waals surface area contributed by atoms with Crippen LogP contribution in [-0.4, -0.2) is 21.9 Å². The van der Waals surface area contributed by atoms with Crippen molar-refractivity contribution in [1.29, 1.82) is 0 Å². The van der Waals surface area contributed by atoms with Crippen LogP contribution in [0.15, 0.2) is 16.3 Å². The fourth-order valence-electron chi connectivity index (χ4n) is 6.49. The van der Waals surface area contributed by atoms with Crippen LogP contribution in [0.1, 0.15) is 105 Å². The van der Waals surface area contributed by atoms with Crippen LogP contribution in [0.3, 0.4) is 0 Å². The number of nitrogens with two attached hydrogens (primary N) is 1. The largest absolute Gasteiger partial charge is 0.267 e. The van der Waals surface area contributed by atoms with Crippen molar-refractivity contribution < 1.29 is 0 Å². The minimum atomic E-state index is -0.0462. The molecule has 7 atom stereocenters. The van der Waals surface area contributed by atoms with E-state index in [-0.39, 0.29) is 16.9 Å². The van der Waals surface area contributed by atoms with E-state index < -0.39 is 0 Å². The molecular formula is C24H44N3OP. The van der Waals surface area contributed by atoms with Crippen molar-refractivity contribution >= 4 is 9.24 Å². The highest BCUT2D eigenvalue weighted by molar-refractivity contribution is 7.18. The van der Waals surface area contributed by atoms with Crippen molar-refractivity contribution in [3.8, 4) is 0 Å². The lowest BCUT2D eigenvalue weighted by molar-refractivity contribution is -0.0249. The quantitative estimate of drug-likeness (QED) is 0.151. The molecule has 4 nitrogen and oxygen atoms in total. The average molecular weight is 422 g/mol. The summed E-state index contributed by atoms with van der Waals surface area (Å²) in [4.78, 5) is 11.0. The number of allylic oxidation sites excluding steroid dienone is 2. The molecule has 3 aliphatic carbocycles. The summed E-state index contributed by atoms with van der Waals surface area (Å²) in [5, 5.41) is 5.52. The van der Waals surface area contributed by atoms with Crippen molar-refractivity contribution in [3.63, 3.8) is 0 Å². The summed E-state index contributed by atoms with van der Waals surface area (Å²) in [6, 6.07) is 0.0645. The SMILES string of the molecule is CCCC(C)(P)N(N)C(C)(CC)C1CCCC(C2=C(C3CCCC(N=O)C3)C2)C1. The van der Waals surface area contributed by atoms with Gasteiger partial charge in [0.2, 0.25) is 0 Å². The van der Waals surface area contributed by atoms with Crippen molar-refractivity contribution in [2.75, 3.05) is 0 Å². The molecule has 0 aromatic carbocycles. The molecule has 2 N–H and O–H groups in total. The van der Waals surface area contributed by atoms with Gasteiger partial charge in [0.05, 0.1) is 6.04 Å². The molecular weight excluding hydrogens is 377 g/mol. The Kier molecular flexibility index (Phi) is 7.61. The van der Waals surface area contributed by atoms with Gasteiger partial charge in [-0.2, -0.15) is 4.91 Å². The first-order valence-electron chi connectivity index (χ1n) is 12.1. The van der Waals surface area contributed by atoms with Crippen molar-refractivity contribution in [1.82, 2.24) is 5.01 Å². The van der Waals surface area contributed by atoms with Gasteiger partial charge in [0.1, 0.15) is 0 Å². The van der Waals surface area contributed by atoms with Crippen molar-refractivity contribution in [3.05, 3.63) is 16.1 Å². The summed E-state index contributed by atoms with van der Waals surface area (Å²) in [5.41, 5.74) is 3.49. The third kappa shape index (κ3) is 4.96. The Hall–Kier alpha value is -0.310. The van der Waals surface area contributed by atoms with Gasteiger partial charge in [0.25, 0.3) is 0 Å². The first-order valence-corrected chi connectivity index (χ1v) is 12.7. The van der Waals surface area contributed by atoms with Crippen molar-refractivity contribution in [2.45, 2.75) is 122 Å². The Morgan fingerprint density at radius 2 is 1.69 bits per heavy atom. The number of nitroso groups, excluding NO2 is 1. The molecule has 3 aliphatic rings. The minimum Gasteiger partial charge on any atom is -0.267 e. The molecule has 2 saturated carbocycles. The standard InChI is InChI=1S/C24H44N3OP/c1-5-13-24(4,29)27(25)23(3,6-2)19-11-7-9-17(14-19)21-16-22(21)18-10-8-12-20(15-18)26-28/h17-20H,5-16,25,29H2,1-4H3. The van der Waals surface area contributed by atoms with Gasteiger partial charge >= 0.3 is 0 Å². The van der Waals surface area contributed by atoms with Gasteiger partial charge in [-0.15, -0.1) is 9.24 Å². The van der Waals surface area contributed by atoms with Crippen LogP contribution < -0.4 is 5.84 Å². The average Bonchev–Trinajstić information content (AvgIpc) is 3.54. The second kappa shape index (κ2) is 9.45. The lowest BCUT2D eigenvalue weighted by atomic mass is 9.69. The summed E-state index contributed by atoms with van der Waals surface area (Å²) >= 11 is 0. The summed E-state index contributed by atoms with van der Waals surface area (Å²) < 4.78 is 0. The lowest BCUT2D eigenvalue weighted by Crippen LogP contribution is -2.62. The fraction of sp³-hybridized carbons (Fsp3) is 0.917. The second-order valence-electron chi connectivity index (χ2n) is 10.6. The van der Waals surface area contributed by atoms with E-state index in [1.807, 2.05) is 0 Å². The highest BCUT2D eigenvalue weighted by Gasteiger charge is 2.46. The van der Waals surface area contributed by atoms with E-state index in [0.29, 0.717) is 11.8 Å². The molecule has 29 heavy (non-hydrogen) atoms. The first kappa shape index (κ1) is 23.4. The highest BCUT2D eigenvalue weighted by Crippen LogP contribution is 2.53. The fourth-order valence-corrected chi connectivity index (χ4v) is 7.07. The molecule has 7 unspecified atom stereocenters. The molecule has 0 spiro atoms. The third-order valence-corrected chi connectivity index (χ3v) is 9.14. The molecule has 5 heteroatoms. The maximum atomic E-state index is 11.0. The molecule has 166 valence electrons. The molecule has 0 saturated heterocycles. The highest BCUT2D eigenvalue weighted by atomic mass is 31.0. The maximum Gasteiger partial charge on any atom is 0.0925 e. The van der Waals surface area contributed by atoms with Gasteiger partial charge in [-0.05, 0) is 89.4 Å². The summed E-state index contributed by atoms with van der Waals surface area (Å²) in [6.45, 7) is 9.23. The lowest BCUT2D eigenvalue weighted by Gasteiger charge is -2.52. The predicted octanol–water partition coefficient (Wildman–Crippen LogP) is 6.55. The summed E-state index contributed by atoms with van der Waals surface area (Å²) in [5.74, 6) is 8.87. The zero-order chi connectivity index (χ0) is 21.2. The number of rotatable bonds is 9. The molecule has 0 radical (unpaired) electrons. The van der Waals surface area contributed by atoms with Crippen LogP contribution in [0.5, 0.6) is 0 Å². The van der Waals surface area contributed by atoms with E-state index in [1.54, 1.807) is 11.1 Å². The second-order valence-corrected chi connectivity index (χ2v) is 11.8. The topological polar surface area (TPSA) is 58.7 Å². The third-order valence-electron chi connectivity index (χ3n) is 8.58. The molecule has 0 amide bonds. The number of hydrogen-bond donors (Lipinski definition) is 1. The van der Waals surface area contributed by atoms with E-state index in [9.17, 15) is 4.91 Å². The molecule has 2 fully saturated rings. The van der Waals surface area contributed by atoms with Crippen LogP contribution in [0.2, 0.25) is 0 Å². The number of hydrazine groups is 1. The van der Waals surface area contributed by atoms with Crippen molar-refractivity contribution in [2.24, 2.45) is 28.8 Å². The van der Waals surface area contributed by atoms with E-state index in [2.05, 4.69) is 47.1 Å². The Bertz CT molecular complexity index is 619. The van der Waals surface area contributed by atoms with Gasteiger partial charge in [-0.25, -0.2) is 5.01 Å². The van der Waals surface area contributed by atoms with Gasteiger partial charge in [-0.3, -0.25) is 5.84 Å². The molecule has 0 heterocycles. The molecule has 3 rings (SSSR count). The van der Waals surface area contributed by atoms with Crippen LogP contribution in [0, 0.1) is 22.7 Å². The Morgan fingerprint density at radius 3 is 2.28 bits per heavy atom. The zero-order valence-electron chi connectivity index (χ0n) is 19.3. The Labute approximate surface area is 181 Å². The predicted molar refractivity (Wildman–Crippen MR) is 126 cm³/mol. The van der Waals surface area contributed by atoms with Gasteiger partial charge in [0.15, 0.2) is 0 Å². The summed E-state index contributed by atoms with van der Waals surface area (Å²) in [6.07, 6.45) is 14.3. The number of nitrogens with zero attached hydrogens (tertiary/aromatic N) is 2. The normalized spacial score (nSPS) is 34.6. The zero-order valence-corrected chi connectivity index (χ0v) is 20.4. The van der Waals surface area contributed by atoms with Gasteiger partial charge in [0, 0.05) is 10.8 Å². The molecule has 0 aliphatic heterocycles. The van der Waals surface area contributed by atoms with E-state index in [4.69, 9.17) is 5.84 Å². The van der Waals surface area contributed by atoms with Crippen LogP contribution in [0.25, 0.3) is 0 Å².